The SMILES string of the molecule is Cc1cc(C)c(-c2csc(NC(=O)c3ccc(Cl)c(Cl)c3)n2)c(C)c1. The molecule has 0 saturated heterocycles. The van der Waals surface area contributed by atoms with E-state index in [1.807, 2.05) is 5.38 Å². The average molecular weight is 391 g/mol. The van der Waals surface area contributed by atoms with Crippen molar-refractivity contribution in [1.82, 2.24) is 4.98 Å². The van der Waals surface area contributed by atoms with Crippen molar-refractivity contribution >= 4 is 45.6 Å². The van der Waals surface area contributed by atoms with Crippen molar-refractivity contribution in [3.05, 3.63) is 68.0 Å². The van der Waals surface area contributed by atoms with E-state index in [1.54, 1.807) is 18.2 Å². The molecule has 0 bridgehead atoms. The number of nitrogens with one attached hydrogen (secondary N) is 1. The number of thiazole rings is 1. The number of hydrogen-bond acceptors (Lipinski definition) is 3. The van der Waals surface area contributed by atoms with Crippen LogP contribution in [-0.2, 0) is 0 Å². The normalized spacial score (nSPS) is 10.8. The van der Waals surface area contributed by atoms with Crippen LogP contribution in [0, 0.1) is 20.8 Å². The van der Waals surface area contributed by atoms with Gasteiger partial charge >= 0.3 is 0 Å². The number of rotatable bonds is 3. The van der Waals surface area contributed by atoms with Gasteiger partial charge in [0.1, 0.15) is 0 Å². The van der Waals surface area contributed by atoms with E-state index >= 15 is 0 Å². The lowest BCUT2D eigenvalue weighted by Gasteiger charge is -2.08. The smallest absolute Gasteiger partial charge is 0.257 e. The van der Waals surface area contributed by atoms with Crippen LogP contribution in [0.1, 0.15) is 27.0 Å². The standard InChI is InChI=1S/C19H16Cl2N2OS/c1-10-6-11(2)17(12(3)7-10)16-9-25-19(22-16)23-18(24)13-4-5-14(20)15(21)8-13/h4-9H,1-3H3,(H,22,23,24). The van der Waals surface area contributed by atoms with Crippen LogP contribution in [0.15, 0.2) is 35.7 Å². The second-order valence-electron chi connectivity index (χ2n) is 5.89. The van der Waals surface area contributed by atoms with E-state index in [9.17, 15) is 4.79 Å². The van der Waals surface area contributed by atoms with E-state index in [-0.39, 0.29) is 5.91 Å². The third-order valence-corrected chi connectivity index (χ3v) is 5.34. The van der Waals surface area contributed by atoms with E-state index in [0.29, 0.717) is 20.7 Å². The van der Waals surface area contributed by atoms with Crippen molar-refractivity contribution in [1.29, 1.82) is 0 Å². The summed E-state index contributed by atoms with van der Waals surface area (Å²) >= 11 is 13.2. The molecular weight excluding hydrogens is 375 g/mol. The van der Waals surface area contributed by atoms with E-state index in [1.165, 1.54) is 28.0 Å². The number of aromatic nitrogens is 1. The number of halogens is 2. The molecule has 0 aliphatic carbocycles. The molecule has 6 heteroatoms. The Morgan fingerprint density at radius 2 is 1.72 bits per heavy atom. The first-order chi connectivity index (χ1) is 11.8. The van der Waals surface area contributed by atoms with Crippen molar-refractivity contribution in [3.63, 3.8) is 0 Å². The second-order valence-corrected chi connectivity index (χ2v) is 7.57. The Kier molecular flexibility index (Phi) is 5.13. The average Bonchev–Trinajstić information content (AvgIpc) is 2.97. The zero-order valence-electron chi connectivity index (χ0n) is 14.0. The van der Waals surface area contributed by atoms with Gasteiger partial charge in [-0.25, -0.2) is 4.98 Å². The highest BCUT2D eigenvalue weighted by molar-refractivity contribution is 7.14. The Hall–Kier alpha value is -1.88. The van der Waals surface area contributed by atoms with Crippen molar-refractivity contribution in [2.75, 3.05) is 5.32 Å². The van der Waals surface area contributed by atoms with Gasteiger partial charge in [-0.3, -0.25) is 10.1 Å². The highest BCUT2D eigenvalue weighted by Crippen LogP contribution is 2.31. The van der Waals surface area contributed by atoms with E-state index in [2.05, 4.69) is 43.2 Å². The summed E-state index contributed by atoms with van der Waals surface area (Å²) in [5, 5.41) is 6.08. The Morgan fingerprint density at radius 1 is 1.04 bits per heavy atom. The summed E-state index contributed by atoms with van der Waals surface area (Å²) < 4.78 is 0. The van der Waals surface area contributed by atoms with Gasteiger partial charge in [-0.15, -0.1) is 11.3 Å². The Labute approximate surface area is 160 Å². The van der Waals surface area contributed by atoms with Crippen LogP contribution in [0.2, 0.25) is 10.0 Å². The molecule has 1 aromatic heterocycles. The molecular formula is C19H16Cl2N2OS. The van der Waals surface area contributed by atoms with Crippen molar-refractivity contribution in [3.8, 4) is 11.3 Å². The molecule has 1 N–H and O–H groups in total. The molecule has 0 unspecified atom stereocenters. The molecule has 128 valence electrons. The predicted molar refractivity (Wildman–Crippen MR) is 106 cm³/mol. The molecule has 0 radical (unpaired) electrons. The molecule has 0 spiro atoms. The van der Waals surface area contributed by atoms with Crippen LogP contribution in [-0.4, -0.2) is 10.9 Å². The summed E-state index contributed by atoms with van der Waals surface area (Å²) in [6.07, 6.45) is 0. The number of benzene rings is 2. The number of nitrogens with zero attached hydrogens (tertiary/aromatic N) is 1. The Balaban J connectivity index is 1.85. The topological polar surface area (TPSA) is 42.0 Å². The molecule has 3 aromatic rings. The maximum absolute atomic E-state index is 12.4. The minimum Gasteiger partial charge on any atom is -0.298 e. The minimum absolute atomic E-state index is 0.267. The van der Waals surface area contributed by atoms with Gasteiger partial charge in [0.05, 0.1) is 15.7 Å². The molecule has 0 aliphatic rings. The molecule has 3 nitrogen and oxygen atoms in total. The van der Waals surface area contributed by atoms with Crippen molar-refractivity contribution in [2.45, 2.75) is 20.8 Å². The number of carbonyl (C=O) groups excluding carboxylic acids is 1. The molecule has 25 heavy (non-hydrogen) atoms. The van der Waals surface area contributed by atoms with Gasteiger partial charge in [0.2, 0.25) is 0 Å². The largest absolute Gasteiger partial charge is 0.298 e. The van der Waals surface area contributed by atoms with Crippen LogP contribution in [0.4, 0.5) is 5.13 Å². The molecule has 0 fully saturated rings. The first kappa shape index (κ1) is 17.9. The monoisotopic (exact) mass is 390 g/mol. The Morgan fingerprint density at radius 3 is 2.36 bits per heavy atom. The van der Waals surface area contributed by atoms with Gasteiger partial charge in [-0.2, -0.15) is 0 Å². The molecule has 0 aliphatic heterocycles. The zero-order valence-corrected chi connectivity index (χ0v) is 16.3. The van der Waals surface area contributed by atoms with E-state index in [4.69, 9.17) is 23.2 Å². The van der Waals surface area contributed by atoms with Crippen LogP contribution < -0.4 is 5.32 Å². The molecule has 1 amide bonds. The number of hydrogen-bond donors (Lipinski definition) is 1. The number of amides is 1. The summed E-state index contributed by atoms with van der Waals surface area (Å²) in [6, 6.07) is 9.05. The van der Waals surface area contributed by atoms with Crippen molar-refractivity contribution < 1.29 is 4.79 Å². The summed E-state index contributed by atoms with van der Waals surface area (Å²) in [5.41, 5.74) is 5.98. The van der Waals surface area contributed by atoms with Crippen LogP contribution in [0.5, 0.6) is 0 Å². The lowest BCUT2D eigenvalue weighted by Crippen LogP contribution is -2.11. The molecule has 0 atom stereocenters. The maximum atomic E-state index is 12.4. The van der Waals surface area contributed by atoms with Crippen LogP contribution in [0.25, 0.3) is 11.3 Å². The molecule has 3 rings (SSSR count). The quantitative estimate of drug-likeness (QED) is 0.570. The predicted octanol–water partition coefficient (Wildman–Crippen LogP) is 6.29. The first-order valence-electron chi connectivity index (χ1n) is 7.65. The summed E-state index contributed by atoms with van der Waals surface area (Å²) in [5.74, 6) is -0.267. The van der Waals surface area contributed by atoms with E-state index in [0.717, 1.165) is 11.3 Å². The maximum Gasteiger partial charge on any atom is 0.257 e. The zero-order chi connectivity index (χ0) is 18.1. The highest BCUT2D eigenvalue weighted by Gasteiger charge is 2.14. The molecule has 2 aromatic carbocycles. The second kappa shape index (κ2) is 7.16. The van der Waals surface area contributed by atoms with Crippen LogP contribution >= 0.6 is 34.5 Å². The molecule has 1 heterocycles. The van der Waals surface area contributed by atoms with Gasteiger partial charge in [0.15, 0.2) is 5.13 Å². The van der Waals surface area contributed by atoms with Gasteiger partial charge in [-0.05, 0) is 50.1 Å². The summed E-state index contributed by atoms with van der Waals surface area (Å²) in [4.78, 5) is 16.9. The number of aryl methyl sites for hydroxylation is 3. The van der Waals surface area contributed by atoms with Gasteiger partial charge in [0.25, 0.3) is 5.91 Å². The van der Waals surface area contributed by atoms with E-state index < -0.39 is 0 Å². The number of carbonyl (C=O) groups is 1. The van der Waals surface area contributed by atoms with Gasteiger partial charge < -0.3 is 0 Å². The first-order valence-corrected chi connectivity index (χ1v) is 9.29. The Bertz CT molecular complexity index is 943. The lowest BCUT2D eigenvalue weighted by atomic mass is 9.98. The van der Waals surface area contributed by atoms with Gasteiger partial charge in [0, 0.05) is 16.5 Å². The summed E-state index contributed by atoms with van der Waals surface area (Å²) in [7, 11) is 0. The third-order valence-electron chi connectivity index (χ3n) is 3.84. The molecule has 0 saturated carbocycles. The van der Waals surface area contributed by atoms with Gasteiger partial charge in [-0.1, -0.05) is 40.9 Å². The fourth-order valence-corrected chi connectivity index (χ4v) is 3.83. The third kappa shape index (κ3) is 3.87. The fourth-order valence-electron chi connectivity index (χ4n) is 2.84. The summed E-state index contributed by atoms with van der Waals surface area (Å²) in [6.45, 7) is 6.22. The number of anilines is 1. The lowest BCUT2D eigenvalue weighted by molar-refractivity contribution is 0.102. The van der Waals surface area contributed by atoms with Crippen molar-refractivity contribution in [2.24, 2.45) is 0 Å². The van der Waals surface area contributed by atoms with Crippen LogP contribution in [0.3, 0.4) is 0 Å². The highest BCUT2D eigenvalue weighted by atomic mass is 35.5. The fraction of sp³-hybridized carbons (Fsp3) is 0.158. The minimum atomic E-state index is -0.267.